The Labute approximate surface area is 114 Å². The van der Waals surface area contributed by atoms with Crippen LogP contribution < -0.4 is 11.1 Å². The van der Waals surface area contributed by atoms with Gasteiger partial charge in [-0.25, -0.2) is 8.42 Å². The largest absolute Gasteiger partial charge is 0.346 e. The summed E-state index contributed by atoms with van der Waals surface area (Å²) >= 11 is 0. The van der Waals surface area contributed by atoms with Crippen LogP contribution in [0.3, 0.4) is 0 Å². The van der Waals surface area contributed by atoms with Crippen LogP contribution in [-0.2, 0) is 19.4 Å². The summed E-state index contributed by atoms with van der Waals surface area (Å²) in [6, 6.07) is -0.658. The fraction of sp³-hybridized carbons (Fsp3) is 0.818. The molecule has 0 aromatic rings. The maximum atomic E-state index is 11.6. The average molecular weight is 293 g/mol. The molecule has 7 nitrogen and oxygen atoms in total. The first-order valence-corrected chi connectivity index (χ1v) is 8.05. The summed E-state index contributed by atoms with van der Waals surface area (Å²) < 4.78 is 21.9. The van der Waals surface area contributed by atoms with Gasteiger partial charge in [0.05, 0.1) is 18.3 Å². The number of hydrogen-bond donors (Lipinski definition) is 2. The SMILES string of the molecule is CC(C)[C@H](N)C(=O)NCC(=O)N(C)CCS(C)(=O)=O. The van der Waals surface area contributed by atoms with Crippen molar-refractivity contribution in [2.24, 2.45) is 11.7 Å². The van der Waals surface area contributed by atoms with Crippen molar-refractivity contribution in [1.82, 2.24) is 10.2 Å². The minimum absolute atomic E-state index is 0.0157. The van der Waals surface area contributed by atoms with Gasteiger partial charge in [-0.1, -0.05) is 13.8 Å². The van der Waals surface area contributed by atoms with Crippen LogP contribution in [0.2, 0.25) is 0 Å². The average Bonchev–Trinajstić information content (AvgIpc) is 2.30. The first-order valence-electron chi connectivity index (χ1n) is 5.99. The molecule has 0 aliphatic heterocycles. The molecule has 0 radical (unpaired) electrons. The molecule has 0 bridgehead atoms. The fourth-order valence-corrected chi connectivity index (χ4v) is 1.75. The molecule has 0 heterocycles. The van der Waals surface area contributed by atoms with Gasteiger partial charge >= 0.3 is 0 Å². The van der Waals surface area contributed by atoms with Gasteiger partial charge in [0.1, 0.15) is 9.84 Å². The van der Waals surface area contributed by atoms with Gasteiger partial charge in [0.25, 0.3) is 0 Å². The predicted molar refractivity (Wildman–Crippen MR) is 73.2 cm³/mol. The fourth-order valence-electron chi connectivity index (χ4n) is 1.15. The molecule has 8 heteroatoms. The molecule has 1 atom stereocenters. The molecule has 3 N–H and O–H groups in total. The molecule has 0 aromatic heterocycles. The van der Waals surface area contributed by atoms with E-state index in [4.69, 9.17) is 5.73 Å². The zero-order valence-corrected chi connectivity index (χ0v) is 12.7. The Bertz CT molecular complexity index is 420. The van der Waals surface area contributed by atoms with Gasteiger partial charge in [-0.2, -0.15) is 0 Å². The maximum Gasteiger partial charge on any atom is 0.241 e. The summed E-state index contributed by atoms with van der Waals surface area (Å²) in [4.78, 5) is 24.4. The van der Waals surface area contributed by atoms with Crippen LogP contribution in [0, 0.1) is 5.92 Å². The van der Waals surface area contributed by atoms with E-state index in [1.54, 1.807) is 0 Å². The third-order valence-corrected chi connectivity index (χ3v) is 3.58. The summed E-state index contributed by atoms with van der Waals surface area (Å²) in [5.74, 6) is -0.861. The summed E-state index contributed by atoms with van der Waals surface area (Å²) in [7, 11) is -1.62. The minimum Gasteiger partial charge on any atom is -0.346 e. The molecule has 0 aromatic carbocycles. The number of carbonyl (C=O) groups excluding carboxylic acids is 2. The van der Waals surface area contributed by atoms with Crippen molar-refractivity contribution in [3.8, 4) is 0 Å². The number of sulfone groups is 1. The van der Waals surface area contributed by atoms with E-state index in [9.17, 15) is 18.0 Å². The molecule has 0 aliphatic rings. The molecule has 0 fully saturated rings. The second-order valence-electron chi connectivity index (χ2n) is 4.93. The molecular weight excluding hydrogens is 270 g/mol. The molecule has 112 valence electrons. The van der Waals surface area contributed by atoms with Gasteiger partial charge in [-0.15, -0.1) is 0 Å². The summed E-state index contributed by atoms with van der Waals surface area (Å²) in [6.45, 7) is 3.54. The highest BCUT2D eigenvalue weighted by Gasteiger charge is 2.18. The van der Waals surface area contributed by atoms with E-state index in [1.807, 2.05) is 13.8 Å². The lowest BCUT2D eigenvalue weighted by Crippen LogP contribution is -2.47. The highest BCUT2D eigenvalue weighted by Crippen LogP contribution is 1.97. The Morgan fingerprint density at radius 2 is 1.84 bits per heavy atom. The molecule has 0 saturated carbocycles. The Kier molecular flexibility index (Phi) is 6.99. The zero-order valence-electron chi connectivity index (χ0n) is 11.8. The van der Waals surface area contributed by atoms with E-state index in [1.165, 1.54) is 11.9 Å². The standard InChI is InChI=1S/C11H23N3O4S/c1-8(2)10(12)11(16)13-7-9(15)14(3)5-6-19(4,17)18/h8,10H,5-7,12H2,1-4H3,(H,13,16)/t10-/m0/s1. The lowest BCUT2D eigenvalue weighted by molar-refractivity contribution is -0.132. The van der Waals surface area contributed by atoms with Crippen molar-refractivity contribution in [3.05, 3.63) is 0 Å². The van der Waals surface area contributed by atoms with Crippen molar-refractivity contribution in [3.63, 3.8) is 0 Å². The number of nitrogens with two attached hydrogens (primary N) is 1. The van der Waals surface area contributed by atoms with E-state index in [0.717, 1.165) is 6.26 Å². The van der Waals surface area contributed by atoms with Gasteiger partial charge in [-0.05, 0) is 5.92 Å². The van der Waals surface area contributed by atoms with Crippen LogP contribution in [-0.4, -0.2) is 63.3 Å². The molecular formula is C11H23N3O4S. The van der Waals surface area contributed by atoms with Crippen LogP contribution in [0.4, 0.5) is 0 Å². The van der Waals surface area contributed by atoms with Crippen molar-refractivity contribution >= 4 is 21.7 Å². The number of nitrogens with zero attached hydrogens (tertiary/aromatic N) is 1. The summed E-state index contributed by atoms with van der Waals surface area (Å²) in [6.07, 6.45) is 1.11. The maximum absolute atomic E-state index is 11.6. The molecule has 0 unspecified atom stereocenters. The molecule has 0 aliphatic carbocycles. The predicted octanol–water partition coefficient (Wildman–Crippen LogP) is -1.41. The Hall–Kier alpha value is -1.15. The van der Waals surface area contributed by atoms with E-state index >= 15 is 0 Å². The number of rotatable bonds is 7. The van der Waals surface area contributed by atoms with Crippen LogP contribution >= 0.6 is 0 Å². The normalized spacial score (nSPS) is 13.2. The topological polar surface area (TPSA) is 110 Å². The monoisotopic (exact) mass is 293 g/mol. The van der Waals surface area contributed by atoms with E-state index in [0.29, 0.717) is 0 Å². The molecule has 2 amide bonds. The first kappa shape index (κ1) is 17.8. The third-order valence-electron chi connectivity index (χ3n) is 2.66. The second-order valence-corrected chi connectivity index (χ2v) is 7.19. The van der Waals surface area contributed by atoms with E-state index < -0.39 is 15.9 Å². The van der Waals surface area contributed by atoms with Gasteiger partial charge in [-0.3, -0.25) is 9.59 Å². The van der Waals surface area contributed by atoms with Crippen molar-refractivity contribution in [2.45, 2.75) is 19.9 Å². The summed E-state index contributed by atoms with van der Waals surface area (Å²) in [5.41, 5.74) is 5.62. The second kappa shape index (κ2) is 7.44. The van der Waals surface area contributed by atoms with Gasteiger partial charge < -0.3 is 16.0 Å². The van der Waals surface area contributed by atoms with Gasteiger partial charge in [0, 0.05) is 19.8 Å². The van der Waals surface area contributed by atoms with E-state index in [-0.39, 0.29) is 36.6 Å². The zero-order chi connectivity index (χ0) is 15.2. The quantitative estimate of drug-likeness (QED) is 0.599. The molecule has 0 rings (SSSR count). The number of carbonyl (C=O) groups is 2. The van der Waals surface area contributed by atoms with E-state index in [2.05, 4.69) is 5.32 Å². The van der Waals surface area contributed by atoms with Crippen LogP contribution in [0.15, 0.2) is 0 Å². The van der Waals surface area contributed by atoms with Crippen LogP contribution in [0.25, 0.3) is 0 Å². The number of hydrogen-bond acceptors (Lipinski definition) is 5. The van der Waals surface area contributed by atoms with Gasteiger partial charge in [0.2, 0.25) is 11.8 Å². The highest BCUT2D eigenvalue weighted by molar-refractivity contribution is 7.90. The van der Waals surface area contributed by atoms with Crippen molar-refractivity contribution in [2.75, 3.05) is 32.1 Å². The molecule has 0 spiro atoms. The Morgan fingerprint density at radius 1 is 1.32 bits per heavy atom. The van der Waals surface area contributed by atoms with Crippen LogP contribution in [0.5, 0.6) is 0 Å². The smallest absolute Gasteiger partial charge is 0.241 e. The van der Waals surface area contributed by atoms with Crippen molar-refractivity contribution in [1.29, 1.82) is 0 Å². The lowest BCUT2D eigenvalue weighted by Gasteiger charge is -2.19. The Balaban J connectivity index is 4.14. The Morgan fingerprint density at radius 3 is 2.26 bits per heavy atom. The highest BCUT2D eigenvalue weighted by atomic mass is 32.2. The first-order chi connectivity index (χ1) is 8.54. The minimum atomic E-state index is -3.11. The molecule has 19 heavy (non-hydrogen) atoms. The number of amides is 2. The number of nitrogens with one attached hydrogen (secondary N) is 1. The van der Waals surface area contributed by atoms with Crippen molar-refractivity contribution < 1.29 is 18.0 Å². The van der Waals surface area contributed by atoms with Crippen LogP contribution in [0.1, 0.15) is 13.8 Å². The van der Waals surface area contributed by atoms with Gasteiger partial charge in [0.15, 0.2) is 0 Å². The number of likely N-dealkylation sites (N-methyl/N-ethyl adjacent to an activating group) is 1. The summed E-state index contributed by atoms with van der Waals surface area (Å²) in [5, 5.41) is 2.44. The molecule has 0 saturated heterocycles. The third kappa shape index (κ3) is 7.78. The lowest BCUT2D eigenvalue weighted by atomic mass is 10.1.